The first-order chi connectivity index (χ1) is 5.86. The molecule has 0 N–H and O–H groups in total. The minimum atomic E-state index is 0.0902. The van der Waals surface area contributed by atoms with E-state index < -0.39 is 0 Å². The SMILES string of the molecule is N#CC(CBr)Cc1ccccc1. The third-order valence-corrected chi connectivity index (χ3v) is 2.48. The second-order valence-electron chi connectivity index (χ2n) is 2.67. The Hall–Kier alpha value is -0.810. The smallest absolute Gasteiger partial charge is 0.0668 e. The summed E-state index contributed by atoms with van der Waals surface area (Å²) in [6, 6.07) is 12.3. The van der Waals surface area contributed by atoms with Crippen molar-refractivity contribution in [2.75, 3.05) is 5.33 Å². The summed E-state index contributed by atoms with van der Waals surface area (Å²) in [4.78, 5) is 0. The van der Waals surface area contributed by atoms with Crippen LogP contribution in [0.3, 0.4) is 0 Å². The van der Waals surface area contributed by atoms with Gasteiger partial charge in [-0.1, -0.05) is 46.3 Å². The highest BCUT2D eigenvalue weighted by Crippen LogP contribution is 2.09. The van der Waals surface area contributed by atoms with Crippen molar-refractivity contribution in [3.63, 3.8) is 0 Å². The van der Waals surface area contributed by atoms with E-state index in [4.69, 9.17) is 5.26 Å². The molecule has 0 saturated carbocycles. The minimum absolute atomic E-state index is 0.0902. The summed E-state index contributed by atoms with van der Waals surface area (Å²) in [5.41, 5.74) is 1.23. The van der Waals surface area contributed by atoms with E-state index in [2.05, 4.69) is 22.0 Å². The van der Waals surface area contributed by atoms with Crippen LogP contribution in [-0.2, 0) is 6.42 Å². The third-order valence-electron chi connectivity index (χ3n) is 1.69. The molecule has 0 radical (unpaired) electrons. The molecule has 0 amide bonds. The van der Waals surface area contributed by atoms with Crippen LogP contribution in [0.5, 0.6) is 0 Å². The van der Waals surface area contributed by atoms with Gasteiger partial charge in [-0.2, -0.15) is 5.26 Å². The summed E-state index contributed by atoms with van der Waals surface area (Å²) in [6.07, 6.45) is 0.836. The average Bonchev–Trinajstić information content (AvgIpc) is 2.16. The van der Waals surface area contributed by atoms with Gasteiger partial charge in [0, 0.05) is 5.33 Å². The molecule has 1 rings (SSSR count). The van der Waals surface area contributed by atoms with Gasteiger partial charge in [0.05, 0.1) is 12.0 Å². The molecule has 1 nitrogen and oxygen atoms in total. The molecular weight excluding hydrogens is 214 g/mol. The molecule has 0 spiro atoms. The second-order valence-corrected chi connectivity index (χ2v) is 3.32. The molecule has 12 heavy (non-hydrogen) atoms. The number of rotatable bonds is 3. The minimum Gasteiger partial charge on any atom is -0.198 e. The first-order valence-corrected chi connectivity index (χ1v) is 4.98. The van der Waals surface area contributed by atoms with Crippen molar-refractivity contribution in [3.8, 4) is 6.07 Å². The molecular formula is C10H10BrN. The van der Waals surface area contributed by atoms with Gasteiger partial charge in [0.15, 0.2) is 0 Å². The number of nitriles is 1. The quantitative estimate of drug-likeness (QED) is 0.724. The number of alkyl halides is 1. The molecule has 0 bridgehead atoms. The lowest BCUT2D eigenvalue weighted by atomic mass is 10.0. The van der Waals surface area contributed by atoms with Crippen molar-refractivity contribution in [1.82, 2.24) is 0 Å². The second kappa shape index (κ2) is 4.95. The van der Waals surface area contributed by atoms with Crippen LogP contribution in [0, 0.1) is 17.2 Å². The van der Waals surface area contributed by atoms with Crippen LogP contribution in [0.2, 0.25) is 0 Å². The maximum Gasteiger partial charge on any atom is 0.0668 e. The van der Waals surface area contributed by atoms with E-state index in [1.54, 1.807) is 0 Å². The van der Waals surface area contributed by atoms with Gasteiger partial charge in [0.2, 0.25) is 0 Å². The molecule has 0 aliphatic rings. The van der Waals surface area contributed by atoms with Gasteiger partial charge in [-0.05, 0) is 12.0 Å². The van der Waals surface area contributed by atoms with Crippen LogP contribution in [0.15, 0.2) is 30.3 Å². The maximum absolute atomic E-state index is 8.71. The first-order valence-electron chi connectivity index (χ1n) is 3.86. The lowest BCUT2D eigenvalue weighted by Gasteiger charge is -2.03. The molecule has 1 aromatic carbocycles. The Morgan fingerprint density at radius 3 is 2.50 bits per heavy atom. The molecule has 62 valence electrons. The zero-order valence-electron chi connectivity index (χ0n) is 6.70. The Kier molecular flexibility index (Phi) is 3.83. The summed E-state index contributed by atoms with van der Waals surface area (Å²) >= 11 is 3.31. The van der Waals surface area contributed by atoms with Crippen LogP contribution in [0.25, 0.3) is 0 Å². The van der Waals surface area contributed by atoms with Gasteiger partial charge >= 0.3 is 0 Å². The fourth-order valence-corrected chi connectivity index (χ4v) is 1.41. The van der Waals surface area contributed by atoms with Crippen LogP contribution in [-0.4, -0.2) is 5.33 Å². The molecule has 2 heteroatoms. The van der Waals surface area contributed by atoms with Gasteiger partial charge in [-0.15, -0.1) is 0 Å². The molecule has 1 atom stereocenters. The summed E-state index contributed by atoms with van der Waals surface area (Å²) in [5, 5.41) is 9.46. The van der Waals surface area contributed by atoms with Crippen LogP contribution in [0.1, 0.15) is 5.56 Å². The molecule has 0 saturated heterocycles. The maximum atomic E-state index is 8.71. The summed E-state index contributed by atoms with van der Waals surface area (Å²) < 4.78 is 0. The van der Waals surface area contributed by atoms with Crippen molar-refractivity contribution in [3.05, 3.63) is 35.9 Å². The van der Waals surface area contributed by atoms with E-state index in [0.717, 1.165) is 11.8 Å². The standard InChI is InChI=1S/C10H10BrN/c11-7-10(8-12)6-9-4-2-1-3-5-9/h1-5,10H,6-7H2. The fourth-order valence-electron chi connectivity index (χ4n) is 1.03. The van der Waals surface area contributed by atoms with Crippen molar-refractivity contribution < 1.29 is 0 Å². The third kappa shape index (κ3) is 2.67. The predicted molar refractivity (Wildman–Crippen MR) is 53.0 cm³/mol. The summed E-state index contributed by atoms with van der Waals surface area (Å²) in [6.45, 7) is 0. The van der Waals surface area contributed by atoms with Crippen LogP contribution < -0.4 is 0 Å². The van der Waals surface area contributed by atoms with E-state index in [1.165, 1.54) is 5.56 Å². The van der Waals surface area contributed by atoms with E-state index in [-0.39, 0.29) is 5.92 Å². The van der Waals surface area contributed by atoms with Gasteiger partial charge in [-0.3, -0.25) is 0 Å². The number of nitrogens with zero attached hydrogens (tertiary/aromatic N) is 1. The van der Waals surface area contributed by atoms with E-state index >= 15 is 0 Å². The summed E-state index contributed by atoms with van der Waals surface area (Å²) in [5.74, 6) is 0.0902. The Morgan fingerprint density at radius 2 is 2.00 bits per heavy atom. The normalized spacial score (nSPS) is 12.0. The monoisotopic (exact) mass is 223 g/mol. The fraction of sp³-hybridized carbons (Fsp3) is 0.300. The summed E-state index contributed by atoms with van der Waals surface area (Å²) in [7, 11) is 0. The topological polar surface area (TPSA) is 23.8 Å². The van der Waals surface area contributed by atoms with Crippen molar-refractivity contribution in [2.45, 2.75) is 6.42 Å². The molecule has 0 aliphatic heterocycles. The van der Waals surface area contributed by atoms with Crippen molar-refractivity contribution >= 4 is 15.9 Å². The lowest BCUT2D eigenvalue weighted by Crippen LogP contribution is -2.02. The van der Waals surface area contributed by atoms with Crippen LogP contribution >= 0.6 is 15.9 Å². The number of benzene rings is 1. The molecule has 0 aromatic heterocycles. The largest absolute Gasteiger partial charge is 0.198 e. The molecule has 0 heterocycles. The molecule has 0 fully saturated rings. The van der Waals surface area contributed by atoms with Crippen molar-refractivity contribution in [1.29, 1.82) is 5.26 Å². The van der Waals surface area contributed by atoms with Crippen LogP contribution in [0.4, 0.5) is 0 Å². The van der Waals surface area contributed by atoms with Gasteiger partial charge in [-0.25, -0.2) is 0 Å². The number of hydrogen-bond acceptors (Lipinski definition) is 1. The van der Waals surface area contributed by atoms with Gasteiger partial charge < -0.3 is 0 Å². The highest BCUT2D eigenvalue weighted by molar-refractivity contribution is 9.09. The first kappa shape index (κ1) is 9.28. The number of hydrogen-bond donors (Lipinski definition) is 0. The Morgan fingerprint density at radius 1 is 1.33 bits per heavy atom. The van der Waals surface area contributed by atoms with E-state index in [0.29, 0.717) is 0 Å². The highest BCUT2D eigenvalue weighted by Gasteiger charge is 2.05. The Labute approximate surface area is 81.2 Å². The molecule has 1 aromatic rings. The van der Waals surface area contributed by atoms with E-state index in [9.17, 15) is 0 Å². The van der Waals surface area contributed by atoms with Crippen molar-refractivity contribution in [2.24, 2.45) is 5.92 Å². The van der Waals surface area contributed by atoms with E-state index in [1.807, 2.05) is 30.3 Å². The zero-order chi connectivity index (χ0) is 8.81. The number of halogens is 1. The molecule has 1 unspecified atom stereocenters. The van der Waals surface area contributed by atoms with Gasteiger partial charge in [0.25, 0.3) is 0 Å². The highest BCUT2D eigenvalue weighted by atomic mass is 79.9. The predicted octanol–water partition coefficient (Wildman–Crippen LogP) is 2.76. The Balaban J connectivity index is 2.58. The lowest BCUT2D eigenvalue weighted by molar-refractivity contribution is 0.756. The zero-order valence-corrected chi connectivity index (χ0v) is 8.29. The average molecular weight is 224 g/mol. The Bertz CT molecular complexity index is 263. The molecule has 0 aliphatic carbocycles. The van der Waals surface area contributed by atoms with Gasteiger partial charge in [0.1, 0.15) is 0 Å².